The molecule has 0 aliphatic carbocycles. The molecule has 0 radical (unpaired) electrons. The summed E-state index contributed by atoms with van der Waals surface area (Å²) in [4.78, 5) is 11.6. The van der Waals surface area contributed by atoms with Gasteiger partial charge in [0.05, 0.1) is 13.5 Å². The van der Waals surface area contributed by atoms with Crippen LogP contribution in [-0.4, -0.2) is 17.6 Å². The Labute approximate surface area is 136 Å². The second kappa shape index (κ2) is 6.69. The molecule has 2 aromatic carbocycles. The van der Waals surface area contributed by atoms with Gasteiger partial charge in [0.1, 0.15) is 0 Å². The van der Waals surface area contributed by atoms with E-state index < -0.39 is 0 Å². The highest BCUT2D eigenvalue weighted by molar-refractivity contribution is 5.85. The second-order valence-electron chi connectivity index (χ2n) is 5.90. The molecule has 3 aromatic rings. The molecule has 0 N–H and O–H groups in total. The van der Waals surface area contributed by atoms with Crippen molar-refractivity contribution in [2.24, 2.45) is 0 Å². The maximum Gasteiger partial charge on any atom is 0.306 e. The third-order valence-electron chi connectivity index (χ3n) is 4.25. The van der Waals surface area contributed by atoms with Crippen molar-refractivity contribution in [3.8, 4) is 0 Å². The molecule has 3 nitrogen and oxygen atoms in total. The lowest BCUT2D eigenvalue weighted by atomic mass is 9.97. The van der Waals surface area contributed by atoms with E-state index in [1.165, 1.54) is 29.1 Å². The summed E-state index contributed by atoms with van der Waals surface area (Å²) < 4.78 is 7.07. The molecule has 118 valence electrons. The first-order chi connectivity index (χ1) is 11.2. The summed E-state index contributed by atoms with van der Waals surface area (Å²) in [5.41, 5.74) is 3.66. The van der Waals surface area contributed by atoms with E-state index in [-0.39, 0.29) is 11.9 Å². The number of esters is 1. The lowest BCUT2D eigenvalue weighted by molar-refractivity contribution is -0.140. The molecule has 3 rings (SSSR count). The number of carbonyl (C=O) groups excluding carboxylic acids is 1. The standard InChI is InChI=1S/C20H21NO2/c1-15(12-20(22)23-2)18-14-21(13-16-8-4-3-5-9-16)19-11-7-6-10-17(18)19/h3-11,14-15H,12-13H2,1-2H3/t15-/m1/s1. The van der Waals surface area contributed by atoms with Gasteiger partial charge in [0.15, 0.2) is 0 Å². The highest BCUT2D eigenvalue weighted by Crippen LogP contribution is 2.30. The monoisotopic (exact) mass is 307 g/mol. The van der Waals surface area contributed by atoms with Crippen LogP contribution in [0.2, 0.25) is 0 Å². The van der Waals surface area contributed by atoms with Crippen LogP contribution in [0.3, 0.4) is 0 Å². The topological polar surface area (TPSA) is 31.2 Å². The molecule has 0 saturated heterocycles. The molecule has 0 aliphatic rings. The SMILES string of the molecule is COC(=O)C[C@@H](C)c1cn(Cc2ccccc2)c2ccccc12. The van der Waals surface area contributed by atoms with Gasteiger partial charge < -0.3 is 9.30 Å². The molecule has 0 fully saturated rings. The fraction of sp³-hybridized carbons (Fsp3) is 0.250. The van der Waals surface area contributed by atoms with Crippen molar-refractivity contribution in [3.63, 3.8) is 0 Å². The smallest absolute Gasteiger partial charge is 0.306 e. The average molecular weight is 307 g/mol. The fourth-order valence-electron chi connectivity index (χ4n) is 3.02. The van der Waals surface area contributed by atoms with Crippen LogP contribution in [0.15, 0.2) is 60.8 Å². The van der Waals surface area contributed by atoms with Crippen LogP contribution in [0.4, 0.5) is 0 Å². The Morgan fingerprint density at radius 2 is 1.78 bits per heavy atom. The lowest BCUT2D eigenvalue weighted by Gasteiger charge is -2.08. The molecule has 0 unspecified atom stereocenters. The predicted octanol–water partition coefficient (Wildman–Crippen LogP) is 4.36. The number of rotatable bonds is 5. The van der Waals surface area contributed by atoms with Crippen LogP contribution in [0, 0.1) is 0 Å². The van der Waals surface area contributed by atoms with Gasteiger partial charge in [-0.3, -0.25) is 4.79 Å². The van der Waals surface area contributed by atoms with Crippen LogP contribution in [-0.2, 0) is 16.1 Å². The first-order valence-electron chi connectivity index (χ1n) is 7.87. The van der Waals surface area contributed by atoms with Crippen molar-refractivity contribution in [1.82, 2.24) is 4.57 Å². The van der Waals surface area contributed by atoms with Crippen LogP contribution in [0.5, 0.6) is 0 Å². The minimum Gasteiger partial charge on any atom is -0.469 e. The maximum absolute atomic E-state index is 11.6. The summed E-state index contributed by atoms with van der Waals surface area (Å²) in [7, 11) is 1.44. The molecule has 0 amide bonds. The number of carbonyl (C=O) groups is 1. The molecule has 0 aliphatic heterocycles. The molecule has 1 heterocycles. The fourth-order valence-corrected chi connectivity index (χ4v) is 3.02. The first kappa shape index (κ1) is 15.3. The van der Waals surface area contributed by atoms with Gasteiger partial charge in [0.25, 0.3) is 0 Å². The highest BCUT2D eigenvalue weighted by atomic mass is 16.5. The van der Waals surface area contributed by atoms with Gasteiger partial charge in [0, 0.05) is 23.6 Å². The van der Waals surface area contributed by atoms with Crippen LogP contribution in [0.25, 0.3) is 10.9 Å². The van der Waals surface area contributed by atoms with E-state index in [9.17, 15) is 4.79 Å². The third-order valence-corrected chi connectivity index (χ3v) is 4.25. The number of aromatic nitrogens is 1. The molecular formula is C20H21NO2. The average Bonchev–Trinajstić information content (AvgIpc) is 2.94. The number of methoxy groups -OCH3 is 1. The normalized spacial score (nSPS) is 12.3. The summed E-state index contributed by atoms with van der Waals surface area (Å²) in [5.74, 6) is -0.0400. The zero-order valence-electron chi connectivity index (χ0n) is 13.5. The van der Waals surface area contributed by atoms with Gasteiger partial charge in [-0.2, -0.15) is 0 Å². The summed E-state index contributed by atoms with van der Waals surface area (Å²) in [6, 6.07) is 18.8. The molecule has 0 bridgehead atoms. The van der Waals surface area contributed by atoms with Gasteiger partial charge >= 0.3 is 5.97 Å². The highest BCUT2D eigenvalue weighted by Gasteiger charge is 2.17. The summed E-state index contributed by atoms with van der Waals surface area (Å²) in [6.45, 7) is 2.90. The molecule has 1 atom stereocenters. The molecule has 0 saturated carbocycles. The molecule has 0 spiro atoms. The van der Waals surface area contributed by atoms with Crippen LogP contribution in [0.1, 0.15) is 30.4 Å². The van der Waals surface area contributed by atoms with Gasteiger partial charge in [-0.25, -0.2) is 0 Å². The lowest BCUT2D eigenvalue weighted by Crippen LogP contribution is -2.05. The Hall–Kier alpha value is -2.55. The Morgan fingerprint density at radius 3 is 2.52 bits per heavy atom. The zero-order valence-corrected chi connectivity index (χ0v) is 13.5. The van der Waals surface area contributed by atoms with E-state index in [1.54, 1.807) is 0 Å². The number of fused-ring (bicyclic) bond motifs is 1. The second-order valence-corrected chi connectivity index (χ2v) is 5.90. The van der Waals surface area contributed by atoms with Crippen molar-refractivity contribution in [3.05, 3.63) is 71.9 Å². The number of nitrogens with zero attached hydrogens (tertiary/aromatic N) is 1. The third kappa shape index (κ3) is 3.29. The molecule has 1 aromatic heterocycles. The van der Waals surface area contributed by atoms with E-state index in [4.69, 9.17) is 4.74 Å². The van der Waals surface area contributed by atoms with Crippen molar-refractivity contribution in [2.75, 3.05) is 7.11 Å². The van der Waals surface area contributed by atoms with Gasteiger partial charge in [0.2, 0.25) is 0 Å². The van der Waals surface area contributed by atoms with Gasteiger partial charge in [-0.15, -0.1) is 0 Å². The van der Waals surface area contributed by atoms with E-state index in [0.717, 1.165) is 6.54 Å². The maximum atomic E-state index is 11.6. The zero-order chi connectivity index (χ0) is 16.2. The van der Waals surface area contributed by atoms with Crippen molar-refractivity contribution >= 4 is 16.9 Å². The minimum atomic E-state index is -0.169. The van der Waals surface area contributed by atoms with Crippen LogP contribution >= 0.6 is 0 Å². The molecular weight excluding hydrogens is 286 g/mol. The Kier molecular flexibility index (Phi) is 4.47. The molecule has 3 heteroatoms. The van der Waals surface area contributed by atoms with Gasteiger partial charge in [-0.1, -0.05) is 55.5 Å². The number of hydrogen-bond donors (Lipinski definition) is 0. The quantitative estimate of drug-likeness (QED) is 0.656. The Balaban J connectivity index is 1.98. The summed E-state index contributed by atoms with van der Waals surface area (Å²) in [6.07, 6.45) is 2.57. The predicted molar refractivity (Wildman–Crippen MR) is 92.5 cm³/mol. The number of para-hydroxylation sites is 1. The minimum absolute atomic E-state index is 0.129. The number of hydrogen-bond acceptors (Lipinski definition) is 2. The first-order valence-corrected chi connectivity index (χ1v) is 7.87. The summed E-state index contributed by atoms with van der Waals surface area (Å²) in [5, 5.41) is 1.21. The van der Waals surface area contributed by atoms with Gasteiger partial charge in [-0.05, 0) is 23.1 Å². The van der Waals surface area contributed by atoms with E-state index >= 15 is 0 Å². The largest absolute Gasteiger partial charge is 0.469 e. The van der Waals surface area contributed by atoms with Crippen molar-refractivity contribution in [2.45, 2.75) is 25.8 Å². The van der Waals surface area contributed by atoms with E-state index in [2.05, 4.69) is 60.2 Å². The van der Waals surface area contributed by atoms with Crippen molar-refractivity contribution < 1.29 is 9.53 Å². The van der Waals surface area contributed by atoms with E-state index in [0.29, 0.717) is 6.42 Å². The number of ether oxygens (including phenoxy) is 1. The van der Waals surface area contributed by atoms with E-state index in [1.807, 2.05) is 12.1 Å². The van der Waals surface area contributed by atoms with Crippen LogP contribution < -0.4 is 0 Å². The summed E-state index contributed by atoms with van der Waals surface area (Å²) >= 11 is 0. The Morgan fingerprint density at radius 1 is 1.09 bits per heavy atom. The van der Waals surface area contributed by atoms with Crippen molar-refractivity contribution in [1.29, 1.82) is 0 Å². The number of benzene rings is 2. The Bertz CT molecular complexity index is 805. The molecule has 23 heavy (non-hydrogen) atoms.